The van der Waals surface area contributed by atoms with Crippen molar-refractivity contribution in [3.8, 4) is 6.07 Å². The molecule has 0 amide bonds. The summed E-state index contributed by atoms with van der Waals surface area (Å²) in [6, 6.07) is 9.80. The highest BCUT2D eigenvalue weighted by molar-refractivity contribution is 7.98. The largest absolute Gasteiger partial charge is 0.233 e. The fourth-order valence-corrected chi connectivity index (χ4v) is 2.94. The van der Waals surface area contributed by atoms with Gasteiger partial charge in [-0.2, -0.15) is 10.4 Å². The summed E-state index contributed by atoms with van der Waals surface area (Å²) < 4.78 is 1.57. The fourth-order valence-electron chi connectivity index (χ4n) is 1.90. The van der Waals surface area contributed by atoms with Crippen LogP contribution in [0.4, 0.5) is 0 Å². The molecule has 3 rings (SSSR count). The van der Waals surface area contributed by atoms with Crippen LogP contribution in [0.5, 0.6) is 0 Å². The van der Waals surface area contributed by atoms with Gasteiger partial charge in [-0.15, -0.1) is 11.8 Å². The van der Waals surface area contributed by atoms with E-state index in [4.69, 9.17) is 16.9 Å². The Morgan fingerprint density at radius 3 is 2.81 bits per heavy atom. The summed E-state index contributed by atoms with van der Waals surface area (Å²) in [6.45, 7) is 0.182. The molecule has 0 saturated heterocycles. The average Bonchev–Trinajstić information content (AvgIpc) is 2.91. The van der Waals surface area contributed by atoms with Crippen LogP contribution in [0.25, 0.3) is 11.0 Å². The van der Waals surface area contributed by atoms with E-state index >= 15 is 0 Å². The van der Waals surface area contributed by atoms with Crippen molar-refractivity contribution in [3.05, 3.63) is 47.4 Å². The molecule has 5 nitrogen and oxygen atoms in total. The molecule has 104 valence electrons. The first-order valence-corrected chi connectivity index (χ1v) is 7.55. The third-order valence-corrected chi connectivity index (χ3v) is 4.23. The topological polar surface area (TPSA) is 67.4 Å². The molecule has 1 aromatic carbocycles. The molecule has 0 radical (unpaired) electrons. The second-order valence-corrected chi connectivity index (χ2v) is 5.69. The van der Waals surface area contributed by atoms with E-state index in [2.05, 4.69) is 21.1 Å². The number of thioether (sulfide) groups is 1. The number of halogens is 1. The normalized spacial score (nSPS) is 10.7. The van der Waals surface area contributed by atoms with Crippen LogP contribution in [0.15, 0.2) is 41.8 Å². The van der Waals surface area contributed by atoms with Gasteiger partial charge in [0.25, 0.3) is 0 Å². The Hall–Kier alpha value is -2.10. The van der Waals surface area contributed by atoms with Gasteiger partial charge in [-0.1, -0.05) is 23.7 Å². The van der Waals surface area contributed by atoms with E-state index in [1.165, 1.54) is 11.9 Å². The lowest BCUT2D eigenvalue weighted by atomic mass is 10.2. The Bertz CT molecular complexity index is 806. The molecule has 21 heavy (non-hydrogen) atoms. The van der Waals surface area contributed by atoms with Crippen LogP contribution in [0.3, 0.4) is 0 Å². The van der Waals surface area contributed by atoms with Gasteiger partial charge in [0.05, 0.1) is 17.7 Å². The number of nitriles is 1. The molecule has 0 aliphatic carbocycles. The zero-order valence-electron chi connectivity index (χ0n) is 10.9. The Labute approximate surface area is 130 Å². The van der Waals surface area contributed by atoms with Crippen molar-refractivity contribution < 1.29 is 0 Å². The van der Waals surface area contributed by atoms with E-state index in [-0.39, 0.29) is 6.54 Å². The second kappa shape index (κ2) is 6.12. The van der Waals surface area contributed by atoms with Crippen molar-refractivity contribution in [2.75, 3.05) is 0 Å². The lowest BCUT2D eigenvalue weighted by molar-refractivity contribution is 0.726. The molecule has 0 spiro atoms. The zero-order chi connectivity index (χ0) is 14.7. The predicted molar refractivity (Wildman–Crippen MR) is 81.9 cm³/mol. The molecule has 0 aliphatic rings. The van der Waals surface area contributed by atoms with Gasteiger partial charge < -0.3 is 0 Å². The molecular formula is C14H10ClN5S. The van der Waals surface area contributed by atoms with E-state index in [1.807, 2.05) is 24.3 Å². The van der Waals surface area contributed by atoms with Crippen molar-refractivity contribution in [1.82, 2.24) is 19.7 Å². The van der Waals surface area contributed by atoms with Crippen LogP contribution in [0.1, 0.15) is 5.56 Å². The van der Waals surface area contributed by atoms with Gasteiger partial charge >= 0.3 is 0 Å². The highest BCUT2D eigenvalue weighted by atomic mass is 35.5. The third kappa shape index (κ3) is 2.99. The first-order chi connectivity index (χ1) is 10.3. The highest BCUT2D eigenvalue weighted by Gasteiger charge is 2.10. The Kier molecular flexibility index (Phi) is 4.04. The van der Waals surface area contributed by atoms with Crippen molar-refractivity contribution >= 4 is 34.4 Å². The zero-order valence-corrected chi connectivity index (χ0v) is 12.5. The minimum Gasteiger partial charge on any atom is -0.233 e. The quantitative estimate of drug-likeness (QED) is 0.546. The maximum absolute atomic E-state index is 8.77. The number of hydrogen-bond acceptors (Lipinski definition) is 5. The summed E-state index contributed by atoms with van der Waals surface area (Å²) in [5.41, 5.74) is 1.85. The maximum atomic E-state index is 8.77. The van der Waals surface area contributed by atoms with Crippen LogP contribution in [-0.2, 0) is 12.3 Å². The van der Waals surface area contributed by atoms with Gasteiger partial charge in [-0.05, 0) is 17.7 Å². The van der Waals surface area contributed by atoms with Crippen LogP contribution >= 0.6 is 23.4 Å². The van der Waals surface area contributed by atoms with Crippen molar-refractivity contribution in [2.24, 2.45) is 0 Å². The molecular weight excluding hydrogens is 306 g/mol. The van der Waals surface area contributed by atoms with Gasteiger partial charge in [0.2, 0.25) is 0 Å². The summed E-state index contributed by atoms with van der Waals surface area (Å²) in [4.78, 5) is 8.50. The number of hydrogen-bond donors (Lipinski definition) is 0. The van der Waals surface area contributed by atoms with Crippen molar-refractivity contribution in [3.63, 3.8) is 0 Å². The SMILES string of the molecule is N#CCn1ncc2c(SCc3ccc(Cl)cc3)ncnc21. The number of rotatable bonds is 4. The summed E-state index contributed by atoms with van der Waals surface area (Å²) in [5, 5.41) is 15.4. The minimum absolute atomic E-state index is 0.182. The molecule has 2 aromatic heterocycles. The van der Waals surface area contributed by atoms with Crippen LogP contribution < -0.4 is 0 Å². The van der Waals surface area contributed by atoms with Gasteiger partial charge in [-0.3, -0.25) is 0 Å². The monoisotopic (exact) mass is 315 g/mol. The molecule has 0 saturated carbocycles. The van der Waals surface area contributed by atoms with E-state index in [1.54, 1.807) is 22.6 Å². The summed E-state index contributed by atoms with van der Waals surface area (Å²) in [6.07, 6.45) is 3.21. The number of fused-ring (bicyclic) bond motifs is 1. The first-order valence-electron chi connectivity index (χ1n) is 6.18. The first kappa shape index (κ1) is 13.9. The summed E-state index contributed by atoms with van der Waals surface area (Å²) in [5.74, 6) is 0.784. The van der Waals surface area contributed by atoms with E-state index < -0.39 is 0 Å². The number of aromatic nitrogens is 4. The number of nitrogens with zero attached hydrogens (tertiary/aromatic N) is 5. The van der Waals surface area contributed by atoms with Gasteiger partial charge in [-0.25, -0.2) is 14.6 Å². The Balaban J connectivity index is 1.84. The number of benzene rings is 1. The molecule has 3 aromatic rings. The highest BCUT2D eigenvalue weighted by Crippen LogP contribution is 2.27. The third-order valence-electron chi connectivity index (χ3n) is 2.91. The molecule has 2 heterocycles. The van der Waals surface area contributed by atoms with E-state index in [0.717, 1.165) is 21.2 Å². The second-order valence-electron chi connectivity index (χ2n) is 4.29. The molecule has 0 unspecified atom stereocenters. The lowest BCUT2D eigenvalue weighted by Gasteiger charge is -2.03. The minimum atomic E-state index is 0.182. The fraction of sp³-hybridized carbons (Fsp3) is 0.143. The summed E-state index contributed by atoms with van der Waals surface area (Å²) >= 11 is 7.48. The maximum Gasteiger partial charge on any atom is 0.163 e. The Morgan fingerprint density at radius 2 is 2.05 bits per heavy atom. The van der Waals surface area contributed by atoms with Crippen LogP contribution in [-0.4, -0.2) is 19.7 Å². The molecule has 0 fully saturated rings. The van der Waals surface area contributed by atoms with Crippen molar-refractivity contribution in [1.29, 1.82) is 5.26 Å². The lowest BCUT2D eigenvalue weighted by Crippen LogP contribution is -1.99. The molecule has 0 aliphatic heterocycles. The molecule has 7 heteroatoms. The van der Waals surface area contributed by atoms with E-state index in [9.17, 15) is 0 Å². The summed E-state index contributed by atoms with van der Waals surface area (Å²) in [7, 11) is 0. The van der Waals surface area contributed by atoms with Gasteiger partial charge in [0.1, 0.15) is 17.9 Å². The molecule has 0 N–H and O–H groups in total. The van der Waals surface area contributed by atoms with Crippen LogP contribution in [0, 0.1) is 11.3 Å². The Morgan fingerprint density at radius 1 is 1.24 bits per heavy atom. The predicted octanol–water partition coefficient (Wildman–Crippen LogP) is 3.30. The van der Waals surface area contributed by atoms with E-state index in [0.29, 0.717) is 5.65 Å². The standard InChI is InChI=1S/C14H10ClN5S/c15-11-3-1-10(2-4-11)8-21-14-12-7-19-20(6-5-16)13(12)17-9-18-14/h1-4,7,9H,6,8H2. The van der Waals surface area contributed by atoms with Gasteiger partial charge in [0, 0.05) is 10.8 Å². The van der Waals surface area contributed by atoms with Gasteiger partial charge in [0.15, 0.2) is 5.65 Å². The smallest absolute Gasteiger partial charge is 0.163 e. The average molecular weight is 316 g/mol. The van der Waals surface area contributed by atoms with Crippen LogP contribution in [0.2, 0.25) is 5.02 Å². The molecule has 0 bridgehead atoms. The van der Waals surface area contributed by atoms with Crippen molar-refractivity contribution in [2.45, 2.75) is 17.3 Å². The molecule has 0 atom stereocenters.